The lowest BCUT2D eigenvalue weighted by molar-refractivity contribution is 0.0707. The fraction of sp³-hybridized carbons (Fsp3) is 0.368. The summed E-state index contributed by atoms with van der Waals surface area (Å²) in [4.78, 5) is 27.1. The van der Waals surface area contributed by atoms with Gasteiger partial charge in [-0.05, 0) is 49.0 Å². The molecule has 2 amide bonds. The number of carbonyl (C=O) groups excluding carboxylic acids is 2. The van der Waals surface area contributed by atoms with Crippen molar-refractivity contribution in [3.8, 4) is 0 Å². The average Bonchev–Trinajstić information content (AvgIpc) is 3.21. The molecule has 1 aliphatic heterocycles. The Morgan fingerprint density at radius 1 is 1.16 bits per heavy atom. The van der Waals surface area contributed by atoms with E-state index in [0.717, 1.165) is 31.5 Å². The van der Waals surface area contributed by atoms with Gasteiger partial charge in [0.25, 0.3) is 11.8 Å². The molecular formula is C19H23N3O2S. The molecule has 0 unspecified atom stereocenters. The molecule has 0 aliphatic carbocycles. The number of thiophene rings is 1. The van der Waals surface area contributed by atoms with E-state index in [1.165, 1.54) is 11.3 Å². The average molecular weight is 357 g/mol. The van der Waals surface area contributed by atoms with Gasteiger partial charge < -0.3 is 15.5 Å². The van der Waals surface area contributed by atoms with Crippen molar-refractivity contribution in [2.24, 2.45) is 0 Å². The van der Waals surface area contributed by atoms with Crippen LogP contribution in [0.15, 0.2) is 41.8 Å². The molecule has 0 spiro atoms. The van der Waals surface area contributed by atoms with Gasteiger partial charge in [-0.2, -0.15) is 0 Å². The van der Waals surface area contributed by atoms with Crippen molar-refractivity contribution in [3.63, 3.8) is 0 Å². The zero-order valence-corrected chi connectivity index (χ0v) is 15.1. The molecule has 3 rings (SSSR count). The highest BCUT2D eigenvalue weighted by Crippen LogP contribution is 2.15. The number of rotatable bonds is 5. The second kappa shape index (κ2) is 8.27. The Kier molecular flexibility index (Phi) is 5.83. The summed E-state index contributed by atoms with van der Waals surface area (Å²) >= 11 is 1.42. The van der Waals surface area contributed by atoms with Crippen LogP contribution in [0.1, 0.15) is 38.4 Å². The van der Waals surface area contributed by atoms with E-state index in [-0.39, 0.29) is 11.8 Å². The molecule has 6 heteroatoms. The number of carbonyl (C=O) groups is 2. The van der Waals surface area contributed by atoms with Gasteiger partial charge in [-0.3, -0.25) is 9.59 Å². The number of piperidine rings is 1. The first kappa shape index (κ1) is 17.6. The van der Waals surface area contributed by atoms with E-state index in [1.807, 2.05) is 47.7 Å². The molecule has 2 heterocycles. The molecular weight excluding hydrogens is 334 g/mol. The van der Waals surface area contributed by atoms with Gasteiger partial charge in [-0.25, -0.2) is 0 Å². The molecule has 1 saturated heterocycles. The molecule has 5 nitrogen and oxygen atoms in total. The molecule has 0 bridgehead atoms. The molecule has 0 atom stereocenters. The summed E-state index contributed by atoms with van der Waals surface area (Å²) in [5.41, 5.74) is 1.69. The molecule has 25 heavy (non-hydrogen) atoms. The van der Waals surface area contributed by atoms with Crippen molar-refractivity contribution in [1.82, 2.24) is 15.5 Å². The van der Waals surface area contributed by atoms with E-state index < -0.39 is 0 Å². The Bertz CT molecular complexity index is 705. The van der Waals surface area contributed by atoms with Crippen molar-refractivity contribution in [2.45, 2.75) is 25.4 Å². The van der Waals surface area contributed by atoms with Gasteiger partial charge in [0.15, 0.2) is 0 Å². The molecule has 2 aromatic rings. The topological polar surface area (TPSA) is 61.4 Å². The minimum Gasteiger partial charge on any atom is -0.347 e. The standard InChI is InChI=1S/C19H23N3O2S/c1-20-16-8-10-22(11-9-16)19(24)15-6-4-14(5-7-15)13-21-18(23)17-3-2-12-25-17/h2-7,12,16,20H,8-11,13H2,1H3,(H,21,23). The smallest absolute Gasteiger partial charge is 0.261 e. The van der Waals surface area contributed by atoms with Crippen LogP contribution in [0.2, 0.25) is 0 Å². The summed E-state index contributed by atoms with van der Waals surface area (Å²) in [6, 6.07) is 11.7. The van der Waals surface area contributed by atoms with Gasteiger partial charge in [-0.1, -0.05) is 18.2 Å². The van der Waals surface area contributed by atoms with Crippen LogP contribution < -0.4 is 10.6 Å². The van der Waals surface area contributed by atoms with Gasteiger partial charge >= 0.3 is 0 Å². The van der Waals surface area contributed by atoms with Crippen LogP contribution in [0.4, 0.5) is 0 Å². The highest BCUT2D eigenvalue weighted by Gasteiger charge is 2.22. The molecule has 1 fully saturated rings. The van der Waals surface area contributed by atoms with E-state index in [1.54, 1.807) is 6.07 Å². The van der Waals surface area contributed by atoms with E-state index in [9.17, 15) is 9.59 Å². The second-order valence-corrected chi connectivity index (χ2v) is 7.16. The van der Waals surface area contributed by atoms with Gasteiger partial charge in [-0.15, -0.1) is 11.3 Å². The molecule has 0 saturated carbocycles. The third-order valence-corrected chi connectivity index (χ3v) is 5.46. The number of benzene rings is 1. The minimum atomic E-state index is -0.0671. The fourth-order valence-corrected chi connectivity index (χ4v) is 3.64. The number of amides is 2. The van der Waals surface area contributed by atoms with E-state index >= 15 is 0 Å². The molecule has 1 aliphatic rings. The van der Waals surface area contributed by atoms with Crippen LogP contribution in [0.3, 0.4) is 0 Å². The van der Waals surface area contributed by atoms with Gasteiger partial charge in [0, 0.05) is 31.2 Å². The number of likely N-dealkylation sites (tertiary alicyclic amines) is 1. The summed E-state index contributed by atoms with van der Waals surface area (Å²) in [6.07, 6.45) is 1.99. The number of nitrogens with zero attached hydrogens (tertiary/aromatic N) is 1. The molecule has 132 valence electrons. The van der Waals surface area contributed by atoms with Crippen molar-refractivity contribution in [3.05, 3.63) is 57.8 Å². The summed E-state index contributed by atoms with van der Waals surface area (Å²) in [7, 11) is 1.97. The van der Waals surface area contributed by atoms with Crippen LogP contribution in [0, 0.1) is 0 Å². The van der Waals surface area contributed by atoms with Gasteiger partial charge in [0.05, 0.1) is 4.88 Å². The normalized spacial score (nSPS) is 15.2. The summed E-state index contributed by atoms with van der Waals surface area (Å²) in [5, 5.41) is 8.05. The van der Waals surface area contributed by atoms with E-state index in [4.69, 9.17) is 0 Å². The monoisotopic (exact) mass is 357 g/mol. The summed E-state index contributed by atoms with van der Waals surface area (Å²) < 4.78 is 0. The predicted molar refractivity (Wildman–Crippen MR) is 99.9 cm³/mol. The largest absolute Gasteiger partial charge is 0.347 e. The first-order chi connectivity index (χ1) is 12.2. The van der Waals surface area contributed by atoms with Crippen LogP contribution in [0.5, 0.6) is 0 Å². The molecule has 1 aromatic carbocycles. The van der Waals surface area contributed by atoms with Crippen LogP contribution in [-0.2, 0) is 6.54 Å². The minimum absolute atomic E-state index is 0.0671. The van der Waals surface area contributed by atoms with Crippen molar-refractivity contribution in [2.75, 3.05) is 20.1 Å². The maximum absolute atomic E-state index is 12.6. The van der Waals surface area contributed by atoms with E-state index in [2.05, 4.69) is 10.6 Å². The maximum Gasteiger partial charge on any atom is 0.261 e. The highest BCUT2D eigenvalue weighted by atomic mass is 32.1. The Morgan fingerprint density at radius 3 is 2.48 bits per heavy atom. The highest BCUT2D eigenvalue weighted by molar-refractivity contribution is 7.12. The van der Waals surface area contributed by atoms with Gasteiger partial charge in [0.2, 0.25) is 0 Å². The zero-order valence-electron chi connectivity index (χ0n) is 14.3. The van der Waals surface area contributed by atoms with Crippen molar-refractivity contribution < 1.29 is 9.59 Å². The predicted octanol–water partition coefficient (Wildman–Crippen LogP) is 2.50. The summed E-state index contributed by atoms with van der Waals surface area (Å²) in [5.74, 6) is 0.0197. The fourth-order valence-electron chi connectivity index (χ4n) is 3.00. The number of hydrogen-bond acceptors (Lipinski definition) is 4. The zero-order chi connectivity index (χ0) is 17.6. The lowest BCUT2D eigenvalue weighted by atomic mass is 10.0. The summed E-state index contributed by atoms with van der Waals surface area (Å²) in [6.45, 7) is 2.05. The molecule has 1 aromatic heterocycles. The van der Waals surface area contributed by atoms with Crippen LogP contribution in [0.25, 0.3) is 0 Å². The van der Waals surface area contributed by atoms with Gasteiger partial charge in [0.1, 0.15) is 0 Å². The Labute approximate surface area is 152 Å². The first-order valence-corrected chi connectivity index (χ1v) is 9.42. The maximum atomic E-state index is 12.6. The Balaban J connectivity index is 1.53. The molecule has 0 radical (unpaired) electrons. The number of hydrogen-bond donors (Lipinski definition) is 2. The lowest BCUT2D eigenvalue weighted by Gasteiger charge is -2.31. The SMILES string of the molecule is CNC1CCN(C(=O)c2ccc(CNC(=O)c3cccs3)cc2)CC1. The quantitative estimate of drug-likeness (QED) is 0.864. The van der Waals surface area contributed by atoms with Crippen LogP contribution in [-0.4, -0.2) is 42.9 Å². The number of nitrogens with one attached hydrogen (secondary N) is 2. The molecule has 2 N–H and O–H groups in total. The third kappa shape index (κ3) is 4.46. The lowest BCUT2D eigenvalue weighted by Crippen LogP contribution is -2.43. The Morgan fingerprint density at radius 2 is 1.88 bits per heavy atom. The van der Waals surface area contributed by atoms with Crippen molar-refractivity contribution in [1.29, 1.82) is 0 Å². The van der Waals surface area contributed by atoms with Crippen molar-refractivity contribution >= 4 is 23.2 Å². The third-order valence-electron chi connectivity index (χ3n) is 4.59. The first-order valence-electron chi connectivity index (χ1n) is 8.54. The van der Waals surface area contributed by atoms with Crippen LogP contribution >= 0.6 is 11.3 Å². The second-order valence-electron chi connectivity index (χ2n) is 6.21. The van der Waals surface area contributed by atoms with E-state index in [0.29, 0.717) is 23.0 Å². The Hall–Kier alpha value is -2.18.